The van der Waals surface area contributed by atoms with Crippen molar-refractivity contribution >= 4 is 22.4 Å². The van der Waals surface area contributed by atoms with E-state index < -0.39 is 0 Å². The second kappa shape index (κ2) is 8.83. The summed E-state index contributed by atoms with van der Waals surface area (Å²) in [6, 6.07) is 15.5. The molecule has 1 aromatic heterocycles. The second-order valence-corrected chi connectivity index (χ2v) is 5.64. The quantitative estimate of drug-likeness (QED) is 0.468. The summed E-state index contributed by atoms with van der Waals surface area (Å²) in [7, 11) is 0. The highest BCUT2D eigenvalue weighted by molar-refractivity contribution is 5.74. The van der Waals surface area contributed by atoms with Gasteiger partial charge in [0.25, 0.3) is 0 Å². The van der Waals surface area contributed by atoms with E-state index in [9.17, 15) is 0 Å². The fourth-order valence-corrected chi connectivity index (χ4v) is 2.35. The van der Waals surface area contributed by atoms with Crippen LogP contribution < -0.4 is 11.5 Å². The zero-order chi connectivity index (χ0) is 16.5. The first kappa shape index (κ1) is 16.9. The van der Waals surface area contributed by atoms with E-state index in [4.69, 9.17) is 11.5 Å². The predicted molar refractivity (Wildman–Crippen MR) is 101 cm³/mol. The third-order valence-electron chi connectivity index (χ3n) is 3.70. The summed E-state index contributed by atoms with van der Waals surface area (Å²) in [6.07, 6.45) is 6.26. The number of aromatic nitrogens is 2. The van der Waals surface area contributed by atoms with Crippen LogP contribution in [0.3, 0.4) is 0 Å². The first-order valence-electron chi connectivity index (χ1n) is 8.24. The van der Waals surface area contributed by atoms with Crippen molar-refractivity contribution in [3.8, 4) is 0 Å². The van der Waals surface area contributed by atoms with Crippen molar-refractivity contribution < 1.29 is 1.43 Å². The van der Waals surface area contributed by atoms with Crippen LogP contribution in [0.15, 0.2) is 48.5 Å². The zero-order valence-corrected chi connectivity index (χ0v) is 13.8. The molecule has 4 nitrogen and oxygen atoms in total. The SMILES string of the molecule is CCCCCCc1nc2ccccc2[nH]1.Nc1ccccc1N.[HH]. The predicted octanol–water partition coefficient (Wildman–Crippen LogP) is 4.78. The smallest absolute Gasteiger partial charge is 0.107 e. The van der Waals surface area contributed by atoms with Crippen molar-refractivity contribution in [2.45, 2.75) is 39.0 Å². The van der Waals surface area contributed by atoms with Crippen LogP contribution in [-0.4, -0.2) is 9.97 Å². The minimum Gasteiger partial charge on any atom is -0.397 e. The molecular formula is C19H28N4. The molecule has 3 rings (SSSR count). The average Bonchev–Trinajstić information content (AvgIpc) is 2.98. The molecule has 2 aromatic carbocycles. The number of anilines is 2. The fraction of sp³-hybridized carbons (Fsp3) is 0.316. The minimum atomic E-state index is 0. The molecule has 0 aliphatic heterocycles. The van der Waals surface area contributed by atoms with Crippen molar-refractivity contribution in [3.05, 3.63) is 54.4 Å². The molecule has 0 aliphatic carbocycles. The van der Waals surface area contributed by atoms with Crippen molar-refractivity contribution in [2.24, 2.45) is 0 Å². The third-order valence-corrected chi connectivity index (χ3v) is 3.70. The molecule has 0 atom stereocenters. The summed E-state index contributed by atoms with van der Waals surface area (Å²) in [6.45, 7) is 2.24. The second-order valence-electron chi connectivity index (χ2n) is 5.64. The first-order chi connectivity index (χ1) is 11.2. The van der Waals surface area contributed by atoms with Crippen LogP contribution in [0.25, 0.3) is 11.0 Å². The summed E-state index contributed by atoms with van der Waals surface area (Å²) >= 11 is 0. The Morgan fingerprint density at radius 2 is 1.57 bits per heavy atom. The van der Waals surface area contributed by atoms with Crippen LogP contribution in [0.1, 0.15) is 39.9 Å². The van der Waals surface area contributed by atoms with Gasteiger partial charge in [-0.25, -0.2) is 4.98 Å². The van der Waals surface area contributed by atoms with Crippen molar-refractivity contribution in [2.75, 3.05) is 11.5 Å². The molecule has 23 heavy (non-hydrogen) atoms. The Hall–Kier alpha value is -2.49. The van der Waals surface area contributed by atoms with E-state index in [0.29, 0.717) is 11.4 Å². The molecule has 0 unspecified atom stereocenters. The number of H-pyrrole nitrogens is 1. The fourth-order valence-electron chi connectivity index (χ4n) is 2.35. The normalized spacial score (nSPS) is 10.3. The van der Waals surface area contributed by atoms with Gasteiger partial charge in [0, 0.05) is 7.85 Å². The molecule has 0 amide bonds. The van der Waals surface area contributed by atoms with Crippen LogP contribution in [0.5, 0.6) is 0 Å². The molecule has 0 bridgehead atoms. The lowest BCUT2D eigenvalue weighted by Crippen LogP contribution is -1.91. The molecule has 1 heterocycles. The van der Waals surface area contributed by atoms with Crippen molar-refractivity contribution in [1.82, 2.24) is 9.97 Å². The lowest BCUT2D eigenvalue weighted by atomic mass is 10.1. The number of nitrogens with two attached hydrogens (primary N) is 2. The number of para-hydroxylation sites is 4. The molecule has 0 saturated carbocycles. The molecule has 4 heteroatoms. The van der Waals surface area contributed by atoms with Gasteiger partial charge < -0.3 is 16.5 Å². The highest BCUT2D eigenvalue weighted by Crippen LogP contribution is 2.12. The van der Waals surface area contributed by atoms with Crippen LogP contribution in [0.2, 0.25) is 0 Å². The van der Waals surface area contributed by atoms with Crippen molar-refractivity contribution in [3.63, 3.8) is 0 Å². The van der Waals surface area contributed by atoms with E-state index in [-0.39, 0.29) is 1.43 Å². The molecule has 5 N–H and O–H groups in total. The number of unbranched alkanes of at least 4 members (excludes halogenated alkanes) is 3. The number of hydrogen-bond donors (Lipinski definition) is 3. The van der Waals surface area contributed by atoms with E-state index in [0.717, 1.165) is 23.3 Å². The van der Waals surface area contributed by atoms with Gasteiger partial charge in [0.1, 0.15) is 5.82 Å². The lowest BCUT2D eigenvalue weighted by Gasteiger charge is -1.95. The Morgan fingerprint density at radius 1 is 0.913 bits per heavy atom. The number of aromatic amines is 1. The van der Waals surface area contributed by atoms with Gasteiger partial charge in [0.05, 0.1) is 22.4 Å². The van der Waals surface area contributed by atoms with Gasteiger partial charge in [-0.3, -0.25) is 0 Å². The molecule has 0 radical (unpaired) electrons. The van der Waals surface area contributed by atoms with Crippen LogP contribution >= 0.6 is 0 Å². The van der Waals surface area contributed by atoms with E-state index in [1.54, 1.807) is 12.1 Å². The molecule has 0 aliphatic rings. The molecule has 124 valence electrons. The number of hydrogen-bond acceptors (Lipinski definition) is 3. The van der Waals surface area contributed by atoms with Gasteiger partial charge in [0.15, 0.2) is 0 Å². The molecular weight excluding hydrogens is 284 g/mol. The van der Waals surface area contributed by atoms with Crippen LogP contribution in [0, 0.1) is 0 Å². The summed E-state index contributed by atoms with van der Waals surface area (Å²) in [5.74, 6) is 1.13. The Labute approximate surface area is 139 Å². The van der Waals surface area contributed by atoms with Crippen LogP contribution in [0.4, 0.5) is 11.4 Å². The Kier molecular flexibility index (Phi) is 6.48. The Bertz CT molecular complexity index is 670. The zero-order valence-electron chi connectivity index (χ0n) is 13.8. The number of imidazole rings is 1. The number of fused-ring (bicyclic) bond motifs is 1. The lowest BCUT2D eigenvalue weighted by molar-refractivity contribution is 0.656. The third kappa shape index (κ3) is 5.33. The average molecular weight is 312 g/mol. The standard InChI is InChI=1S/C13H18N2.C6H8N2.H2/c1-2-3-4-5-10-13-14-11-8-6-7-9-12(11)15-13;7-5-3-1-2-4-6(5)8;/h6-9H,2-5,10H2,1H3,(H,14,15);1-4H,7-8H2;1H. The van der Waals surface area contributed by atoms with Gasteiger partial charge in [-0.05, 0) is 30.7 Å². The summed E-state index contributed by atoms with van der Waals surface area (Å²) in [4.78, 5) is 7.92. The Morgan fingerprint density at radius 3 is 2.17 bits per heavy atom. The van der Waals surface area contributed by atoms with E-state index in [1.165, 1.54) is 25.7 Å². The van der Waals surface area contributed by atoms with Crippen LogP contribution in [-0.2, 0) is 6.42 Å². The summed E-state index contributed by atoms with van der Waals surface area (Å²) < 4.78 is 0. The number of nitrogen functional groups attached to an aromatic ring is 2. The highest BCUT2D eigenvalue weighted by atomic mass is 14.9. The maximum absolute atomic E-state index is 5.39. The van der Waals surface area contributed by atoms with Gasteiger partial charge in [-0.15, -0.1) is 0 Å². The van der Waals surface area contributed by atoms with Gasteiger partial charge in [0.2, 0.25) is 0 Å². The maximum atomic E-state index is 5.39. The first-order valence-corrected chi connectivity index (χ1v) is 8.24. The number of aryl methyl sites for hydroxylation is 1. The van der Waals surface area contributed by atoms with Gasteiger partial charge >= 0.3 is 0 Å². The summed E-state index contributed by atoms with van der Waals surface area (Å²) in [5, 5.41) is 0. The number of benzene rings is 2. The molecule has 0 fully saturated rings. The Balaban J connectivity index is 0.000000273. The largest absolute Gasteiger partial charge is 0.397 e. The van der Waals surface area contributed by atoms with Crippen molar-refractivity contribution in [1.29, 1.82) is 0 Å². The van der Waals surface area contributed by atoms with Gasteiger partial charge in [-0.1, -0.05) is 50.5 Å². The summed E-state index contributed by atoms with van der Waals surface area (Å²) in [5.41, 5.74) is 14.3. The minimum absolute atomic E-state index is 0. The molecule has 0 saturated heterocycles. The van der Waals surface area contributed by atoms with E-state index >= 15 is 0 Å². The van der Waals surface area contributed by atoms with Gasteiger partial charge in [-0.2, -0.15) is 0 Å². The maximum Gasteiger partial charge on any atom is 0.107 e. The monoisotopic (exact) mass is 312 g/mol. The van der Waals surface area contributed by atoms with E-state index in [1.807, 2.05) is 24.3 Å². The number of rotatable bonds is 5. The number of nitrogens with zero attached hydrogens (tertiary/aromatic N) is 1. The molecule has 3 aromatic rings. The molecule has 0 spiro atoms. The van der Waals surface area contributed by atoms with E-state index in [2.05, 4.69) is 29.0 Å². The number of nitrogens with one attached hydrogen (secondary N) is 1. The topological polar surface area (TPSA) is 80.7 Å². The highest BCUT2D eigenvalue weighted by Gasteiger charge is 2.00.